The van der Waals surface area contributed by atoms with Crippen molar-refractivity contribution in [1.29, 1.82) is 0 Å². The maximum atomic E-state index is 13.1. The monoisotopic (exact) mass is 245 g/mol. The Morgan fingerprint density at radius 2 is 2.06 bits per heavy atom. The summed E-state index contributed by atoms with van der Waals surface area (Å²) in [7, 11) is 1.93. The number of anilines is 1. The van der Waals surface area contributed by atoms with Gasteiger partial charge in [0, 0.05) is 19.8 Å². The second-order valence-corrected chi connectivity index (χ2v) is 4.41. The molecule has 1 heterocycles. The average Bonchev–Trinajstić information content (AvgIpc) is 2.32. The summed E-state index contributed by atoms with van der Waals surface area (Å²) >= 11 is 0. The Bertz CT molecular complexity index is 554. The van der Waals surface area contributed by atoms with Crippen molar-refractivity contribution < 1.29 is 4.39 Å². The molecule has 2 aromatic rings. The predicted octanol–water partition coefficient (Wildman–Crippen LogP) is 2.87. The molecule has 0 bridgehead atoms. The average molecular weight is 245 g/mol. The van der Waals surface area contributed by atoms with Gasteiger partial charge in [-0.3, -0.25) is 4.98 Å². The van der Waals surface area contributed by atoms with Crippen LogP contribution in [0.4, 0.5) is 10.2 Å². The molecule has 0 aliphatic carbocycles. The van der Waals surface area contributed by atoms with Crippen LogP contribution in [-0.4, -0.2) is 17.0 Å². The van der Waals surface area contributed by atoms with Crippen LogP contribution in [0.1, 0.15) is 17.0 Å². The van der Waals surface area contributed by atoms with Gasteiger partial charge in [-0.05, 0) is 31.5 Å². The molecule has 1 aromatic heterocycles. The molecule has 0 radical (unpaired) electrons. The summed E-state index contributed by atoms with van der Waals surface area (Å²) < 4.78 is 13.1. The second kappa shape index (κ2) is 5.12. The van der Waals surface area contributed by atoms with E-state index in [1.807, 2.05) is 31.9 Å². The van der Waals surface area contributed by atoms with E-state index in [9.17, 15) is 4.39 Å². The molecule has 94 valence electrons. The van der Waals surface area contributed by atoms with Crippen molar-refractivity contribution in [3.63, 3.8) is 0 Å². The molecule has 0 aliphatic heterocycles. The molecular formula is C14H16FN3. The highest BCUT2D eigenvalue weighted by Gasteiger charge is 2.08. The van der Waals surface area contributed by atoms with Gasteiger partial charge in [-0.2, -0.15) is 0 Å². The molecule has 0 saturated heterocycles. The fraction of sp³-hybridized carbons (Fsp3) is 0.286. The summed E-state index contributed by atoms with van der Waals surface area (Å²) in [4.78, 5) is 10.7. The highest BCUT2D eigenvalue weighted by atomic mass is 19.1. The van der Waals surface area contributed by atoms with Crippen molar-refractivity contribution in [3.8, 4) is 0 Å². The van der Waals surface area contributed by atoms with Gasteiger partial charge in [0.05, 0.1) is 11.4 Å². The third-order valence-electron chi connectivity index (χ3n) is 2.72. The van der Waals surface area contributed by atoms with E-state index in [2.05, 4.69) is 9.97 Å². The van der Waals surface area contributed by atoms with Crippen LogP contribution in [0.2, 0.25) is 0 Å². The molecule has 4 heteroatoms. The summed E-state index contributed by atoms with van der Waals surface area (Å²) in [6, 6.07) is 6.60. The Morgan fingerprint density at radius 3 is 2.78 bits per heavy atom. The SMILES string of the molecule is Cc1cnc(C)c(N(C)Cc2cccc(F)c2)n1. The lowest BCUT2D eigenvalue weighted by Crippen LogP contribution is -2.19. The zero-order chi connectivity index (χ0) is 13.1. The van der Waals surface area contributed by atoms with Crippen molar-refractivity contribution in [2.45, 2.75) is 20.4 Å². The molecule has 0 N–H and O–H groups in total. The van der Waals surface area contributed by atoms with E-state index in [1.54, 1.807) is 12.3 Å². The predicted molar refractivity (Wildman–Crippen MR) is 70.0 cm³/mol. The molecule has 0 amide bonds. The molecule has 0 aliphatic rings. The number of hydrogen-bond acceptors (Lipinski definition) is 3. The van der Waals surface area contributed by atoms with Gasteiger partial charge in [-0.1, -0.05) is 12.1 Å². The van der Waals surface area contributed by atoms with E-state index in [0.29, 0.717) is 6.54 Å². The van der Waals surface area contributed by atoms with Crippen LogP contribution >= 0.6 is 0 Å². The van der Waals surface area contributed by atoms with E-state index in [0.717, 1.165) is 22.8 Å². The molecule has 0 unspecified atom stereocenters. The smallest absolute Gasteiger partial charge is 0.150 e. The third kappa shape index (κ3) is 2.83. The zero-order valence-electron chi connectivity index (χ0n) is 10.8. The highest BCUT2D eigenvalue weighted by molar-refractivity contribution is 5.43. The standard InChI is InChI=1S/C14H16FN3/c1-10-8-16-11(2)14(17-10)18(3)9-12-5-4-6-13(15)7-12/h4-8H,9H2,1-3H3. The van der Waals surface area contributed by atoms with Gasteiger partial charge in [0.2, 0.25) is 0 Å². The lowest BCUT2D eigenvalue weighted by molar-refractivity contribution is 0.625. The lowest BCUT2D eigenvalue weighted by Gasteiger charge is -2.20. The Morgan fingerprint density at radius 1 is 1.28 bits per heavy atom. The molecule has 3 nitrogen and oxygen atoms in total. The topological polar surface area (TPSA) is 29.0 Å². The molecule has 1 aromatic carbocycles. The van der Waals surface area contributed by atoms with E-state index in [1.165, 1.54) is 12.1 Å². The largest absolute Gasteiger partial charge is 0.354 e. The first kappa shape index (κ1) is 12.5. The zero-order valence-corrected chi connectivity index (χ0v) is 10.8. The molecular weight excluding hydrogens is 229 g/mol. The number of halogens is 1. The van der Waals surface area contributed by atoms with Gasteiger partial charge in [-0.15, -0.1) is 0 Å². The molecule has 0 spiro atoms. The molecule has 0 atom stereocenters. The Balaban J connectivity index is 2.21. The van der Waals surface area contributed by atoms with Crippen LogP contribution in [0.5, 0.6) is 0 Å². The first-order chi connectivity index (χ1) is 8.56. The van der Waals surface area contributed by atoms with E-state index >= 15 is 0 Å². The van der Waals surface area contributed by atoms with Gasteiger partial charge in [-0.25, -0.2) is 9.37 Å². The van der Waals surface area contributed by atoms with Crippen molar-refractivity contribution >= 4 is 5.82 Å². The summed E-state index contributed by atoms with van der Waals surface area (Å²) in [6.45, 7) is 4.44. The van der Waals surface area contributed by atoms with Crippen molar-refractivity contribution in [3.05, 3.63) is 53.2 Å². The summed E-state index contributed by atoms with van der Waals surface area (Å²) in [5.41, 5.74) is 2.67. The Kier molecular flexibility index (Phi) is 3.55. The fourth-order valence-electron chi connectivity index (χ4n) is 1.87. The highest BCUT2D eigenvalue weighted by Crippen LogP contribution is 2.16. The number of aryl methyl sites for hydroxylation is 2. The van der Waals surface area contributed by atoms with E-state index in [-0.39, 0.29) is 5.82 Å². The lowest BCUT2D eigenvalue weighted by atomic mass is 10.2. The van der Waals surface area contributed by atoms with E-state index in [4.69, 9.17) is 0 Å². The van der Waals surface area contributed by atoms with Gasteiger partial charge in [0.15, 0.2) is 0 Å². The number of rotatable bonds is 3. The van der Waals surface area contributed by atoms with Gasteiger partial charge >= 0.3 is 0 Å². The van der Waals surface area contributed by atoms with Crippen LogP contribution < -0.4 is 4.90 Å². The molecule has 2 rings (SSSR count). The number of hydrogen-bond donors (Lipinski definition) is 0. The Hall–Kier alpha value is -1.97. The summed E-state index contributed by atoms with van der Waals surface area (Å²) in [6.07, 6.45) is 1.74. The first-order valence-electron chi connectivity index (χ1n) is 5.82. The van der Waals surface area contributed by atoms with Crippen LogP contribution in [-0.2, 0) is 6.54 Å². The fourth-order valence-corrected chi connectivity index (χ4v) is 1.87. The third-order valence-corrected chi connectivity index (χ3v) is 2.72. The van der Waals surface area contributed by atoms with E-state index < -0.39 is 0 Å². The van der Waals surface area contributed by atoms with Crippen LogP contribution in [0, 0.1) is 19.7 Å². The van der Waals surface area contributed by atoms with Crippen molar-refractivity contribution in [2.24, 2.45) is 0 Å². The quantitative estimate of drug-likeness (QED) is 0.832. The number of aromatic nitrogens is 2. The molecule has 0 fully saturated rings. The van der Waals surface area contributed by atoms with Gasteiger partial charge in [0.25, 0.3) is 0 Å². The minimum absolute atomic E-state index is 0.215. The van der Waals surface area contributed by atoms with Crippen LogP contribution in [0.25, 0.3) is 0 Å². The summed E-state index contributed by atoms with van der Waals surface area (Å²) in [5, 5.41) is 0. The molecule has 0 saturated carbocycles. The van der Waals surface area contributed by atoms with Crippen LogP contribution in [0.15, 0.2) is 30.5 Å². The van der Waals surface area contributed by atoms with Gasteiger partial charge in [0.1, 0.15) is 11.6 Å². The summed E-state index contributed by atoms with van der Waals surface area (Å²) in [5.74, 6) is 0.618. The maximum absolute atomic E-state index is 13.1. The normalized spacial score (nSPS) is 10.4. The first-order valence-corrected chi connectivity index (χ1v) is 5.82. The number of nitrogens with zero attached hydrogens (tertiary/aromatic N) is 3. The Labute approximate surface area is 106 Å². The van der Waals surface area contributed by atoms with Gasteiger partial charge < -0.3 is 4.90 Å². The van der Waals surface area contributed by atoms with Crippen LogP contribution in [0.3, 0.4) is 0 Å². The minimum Gasteiger partial charge on any atom is -0.354 e. The maximum Gasteiger partial charge on any atom is 0.150 e. The van der Waals surface area contributed by atoms with Crippen molar-refractivity contribution in [2.75, 3.05) is 11.9 Å². The van der Waals surface area contributed by atoms with Crippen molar-refractivity contribution in [1.82, 2.24) is 9.97 Å². The second-order valence-electron chi connectivity index (χ2n) is 4.41. The minimum atomic E-state index is -0.215. The number of benzene rings is 1. The molecule has 18 heavy (non-hydrogen) atoms.